The molecule has 4 heterocycles. The van der Waals surface area contributed by atoms with Gasteiger partial charge in [-0.1, -0.05) is 0 Å². The number of anilines is 1. The summed E-state index contributed by atoms with van der Waals surface area (Å²) in [5.74, 6) is -1.27. The van der Waals surface area contributed by atoms with Crippen LogP contribution in [-0.4, -0.2) is 56.4 Å². The Morgan fingerprint density at radius 3 is 2.61 bits per heavy atom. The van der Waals surface area contributed by atoms with Crippen LogP contribution in [0.3, 0.4) is 0 Å². The third-order valence-corrected chi connectivity index (χ3v) is 5.92. The number of rotatable bonds is 7. The highest BCUT2D eigenvalue weighted by Gasteiger charge is 2.38. The van der Waals surface area contributed by atoms with Gasteiger partial charge in [-0.2, -0.15) is 31.4 Å². The third kappa shape index (κ3) is 5.58. The molecule has 3 aromatic rings. The van der Waals surface area contributed by atoms with Gasteiger partial charge in [0.25, 0.3) is 5.56 Å². The Kier molecular flexibility index (Phi) is 7.36. The van der Waals surface area contributed by atoms with E-state index in [1.165, 1.54) is 16.4 Å². The molecule has 3 aromatic heterocycles. The highest BCUT2D eigenvalue weighted by molar-refractivity contribution is 5.81. The van der Waals surface area contributed by atoms with Crippen LogP contribution < -0.4 is 10.9 Å². The first-order valence-electron chi connectivity index (χ1n) is 11.3. The van der Waals surface area contributed by atoms with E-state index >= 15 is 0 Å². The molecule has 1 aliphatic heterocycles. The van der Waals surface area contributed by atoms with Crippen LogP contribution in [0, 0.1) is 5.82 Å². The van der Waals surface area contributed by atoms with Crippen molar-refractivity contribution in [3.63, 3.8) is 0 Å². The number of halogens is 7. The molecule has 0 fully saturated rings. The largest absolute Gasteiger partial charge is 0.423 e. The number of aromatic amines is 1. The van der Waals surface area contributed by atoms with E-state index in [2.05, 4.69) is 15.4 Å². The average molecular weight is 550 g/mol. The van der Waals surface area contributed by atoms with Gasteiger partial charge in [0.1, 0.15) is 11.2 Å². The van der Waals surface area contributed by atoms with Crippen LogP contribution in [0.2, 0.25) is 0 Å². The van der Waals surface area contributed by atoms with Crippen molar-refractivity contribution in [2.24, 2.45) is 0 Å². The lowest BCUT2D eigenvalue weighted by atomic mass is 10.2. The highest BCUT2D eigenvalue weighted by atomic mass is 19.4. The first-order chi connectivity index (χ1) is 17.8. The zero-order chi connectivity index (χ0) is 27.8. The summed E-state index contributed by atoms with van der Waals surface area (Å²) in [5, 5.41) is 7.32. The van der Waals surface area contributed by atoms with Gasteiger partial charge in [0.2, 0.25) is 5.91 Å². The molecule has 2 N–H and O–H groups in total. The second-order valence-electron chi connectivity index (χ2n) is 8.68. The number of hydrogen-bond donors (Lipinski definition) is 2. The average Bonchev–Trinajstić information content (AvgIpc) is 3.11. The number of fused-ring (bicyclic) bond motifs is 3. The SMILES string of the molecule is C[C@@H](COCCC(=O)N1CCn2c(c(F)c3cc(C(F)(F)F)cnc32)C1)Nc1cn[nH]c(=O)c1C(F)(F)F. The molecule has 38 heavy (non-hydrogen) atoms. The Balaban J connectivity index is 1.32. The maximum Gasteiger partial charge on any atom is 0.423 e. The monoisotopic (exact) mass is 550 g/mol. The lowest BCUT2D eigenvalue weighted by Gasteiger charge is -2.29. The molecule has 1 amide bonds. The normalized spacial score (nSPS) is 15.0. The van der Waals surface area contributed by atoms with E-state index in [4.69, 9.17) is 4.74 Å². The van der Waals surface area contributed by atoms with Crippen molar-refractivity contribution < 1.29 is 40.3 Å². The van der Waals surface area contributed by atoms with Gasteiger partial charge in [0, 0.05) is 25.3 Å². The van der Waals surface area contributed by atoms with Crippen LogP contribution in [0.1, 0.15) is 30.2 Å². The highest BCUT2D eigenvalue weighted by Crippen LogP contribution is 2.34. The van der Waals surface area contributed by atoms with E-state index in [0.29, 0.717) is 12.3 Å². The maximum atomic E-state index is 14.9. The summed E-state index contributed by atoms with van der Waals surface area (Å²) in [6.45, 7) is 1.44. The van der Waals surface area contributed by atoms with Crippen molar-refractivity contribution >= 4 is 22.6 Å². The number of carbonyl (C=O) groups excluding carboxylic acids is 1. The summed E-state index contributed by atoms with van der Waals surface area (Å²) in [6.07, 6.45) is -8.23. The number of carbonyl (C=O) groups is 1. The fourth-order valence-electron chi connectivity index (χ4n) is 4.15. The Hall–Kier alpha value is -3.69. The molecule has 0 saturated carbocycles. The quantitative estimate of drug-likeness (QED) is 0.345. The molecular formula is C22H21F7N6O3. The number of amides is 1. The van der Waals surface area contributed by atoms with E-state index in [9.17, 15) is 40.3 Å². The summed E-state index contributed by atoms with van der Waals surface area (Å²) in [7, 11) is 0. The second kappa shape index (κ2) is 10.2. The van der Waals surface area contributed by atoms with E-state index in [1.54, 1.807) is 5.10 Å². The number of hydrogen-bond acceptors (Lipinski definition) is 6. The summed E-state index contributed by atoms with van der Waals surface area (Å²) >= 11 is 0. The summed E-state index contributed by atoms with van der Waals surface area (Å²) in [4.78, 5) is 29.3. The Labute approximate surface area is 209 Å². The van der Waals surface area contributed by atoms with Gasteiger partial charge >= 0.3 is 12.4 Å². The predicted molar refractivity (Wildman–Crippen MR) is 118 cm³/mol. The molecule has 1 aliphatic rings. The number of pyridine rings is 1. The van der Waals surface area contributed by atoms with Gasteiger partial charge in [0.05, 0.1) is 54.7 Å². The van der Waals surface area contributed by atoms with E-state index in [-0.39, 0.29) is 56.0 Å². The number of alkyl halides is 6. The van der Waals surface area contributed by atoms with Crippen molar-refractivity contribution in [3.05, 3.63) is 51.5 Å². The number of nitrogens with zero attached hydrogens (tertiary/aromatic N) is 4. The minimum absolute atomic E-state index is 0.0390. The van der Waals surface area contributed by atoms with Crippen molar-refractivity contribution in [1.29, 1.82) is 0 Å². The molecule has 0 saturated heterocycles. The Morgan fingerprint density at radius 2 is 1.92 bits per heavy atom. The number of H-pyrrole nitrogens is 1. The van der Waals surface area contributed by atoms with E-state index < -0.39 is 52.5 Å². The van der Waals surface area contributed by atoms with E-state index in [0.717, 1.165) is 6.20 Å². The Bertz CT molecular complexity index is 1400. The molecule has 4 rings (SSSR count). The molecule has 0 spiro atoms. The van der Waals surface area contributed by atoms with Gasteiger partial charge < -0.3 is 19.5 Å². The molecule has 0 unspecified atom stereocenters. The first-order valence-corrected chi connectivity index (χ1v) is 11.3. The third-order valence-electron chi connectivity index (χ3n) is 5.92. The molecule has 0 radical (unpaired) electrons. The van der Waals surface area contributed by atoms with Crippen molar-refractivity contribution in [2.45, 2.75) is 44.8 Å². The fourth-order valence-corrected chi connectivity index (χ4v) is 4.15. The summed E-state index contributed by atoms with van der Waals surface area (Å²) < 4.78 is 100. The minimum atomic E-state index is -4.90. The number of ether oxygens (including phenoxy) is 1. The molecule has 9 nitrogen and oxygen atoms in total. The topological polar surface area (TPSA) is 105 Å². The van der Waals surface area contributed by atoms with Gasteiger partial charge in [-0.15, -0.1) is 0 Å². The lowest BCUT2D eigenvalue weighted by molar-refractivity contribution is -0.138. The van der Waals surface area contributed by atoms with Crippen LogP contribution >= 0.6 is 0 Å². The van der Waals surface area contributed by atoms with Gasteiger partial charge in [-0.3, -0.25) is 9.59 Å². The molecule has 0 bridgehead atoms. The van der Waals surface area contributed by atoms with Crippen LogP contribution in [-0.2, 0) is 35.0 Å². The first kappa shape index (κ1) is 27.3. The Morgan fingerprint density at radius 1 is 1.18 bits per heavy atom. The maximum absolute atomic E-state index is 14.9. The zero-order valence-electron chi connectivity index (χ0n) is 19.7. The van der Waals surface area contributed by atoms with E-state index in [1.807, 2.05) is 0 Å². The van der Waals surface area contributed by atoms with Gasteiger partial charge in [0.15, 0.2) is 5.82 Å². The molecule has 0 aromatic carbocycles. The van der Waals surface area contributed by atoms with Crippen molar-refractivity contribution in [2.75, 3.05) is 25.1 Å². The second-order valence-corrected chi connectivity index (χ2v) is 8.68. The van der Waals surface area contributed by atoms with Crippen LogP contribution in [0.15, 0.2) is 23.3 Å². The minimum Gasteiger partial charge on any atom is -0.379 e. The van der Waals surface area contributed by atoms with Crippen LogP contribution in [0.25, 0.3) is 11.0 Å². The number of nitrogens with one attached hydrogen (secondary N) is 2. The fraction of sp³-hybridized carbons (Fsp3) is 0.455. The smallest absolute Gasteiger partial charge is 0.379 e. The molecule has 16 heteroatoms. The molecule has 0 aliphatic carbocycles. The standard InChI is InChI=1S/C22H21F7N6O3/c1-11(32-14-8-31-33-20(37)17(14)22(27,28)29)10-38-5-2-16(36)34-3-4-35-15(9-34)18(23)13-6-12(21(24,25)26)7-30-19(13)35/h6-8,11H,2-5,9-10H2,1H3,(H2,32,33,37)/t11-/m0/s1. The molecular weight excluding hydrogens is 529 g/mol. The van der Waals surface area contributed by atoms with Gasteiger partial charge in [-0.05, 0) is 13.0 Å². The van der Waals surface area contributed by atoms with Crippen molar-refractivity contribution in [3.8, 4) is 0 Å². The molecule has 206 valence electrons. The summed E-state index contributed by atoms with van der Waals surface area (Å²) in [5.41, 5.74) is -4.31. The van der Waals surface area contributed by atoms with Gasteiger partial charge in [-0.25, -0.2) is 14.5 Å². The molecule has 1 atom stereocenters. The van der Waals surface area contributed by atoms with Crippen LogP contribution in [0.5, 0.6) is 0 Å². The predicted octanol–water partition coefficient (Wildman–Crippen LogP) is 3.55. The zero-order valence-corrected chi connectivity index (χ0v) is 19.7. The lowest BCUT2D eigenvalue weighted by Crippen LogP contribution is -2.39. The van der Waals surface area contributed by atoms with Crippen LogP contribution in [0.4, 0.5) is 36.4 Å². The van der Waals surface area contributed by atoms with Crippen molar-refractivity contribution in [1.82, 2.24) is 24.6 Å². The number of aromatic nitrogens is 4. The summed E-state index contributed by atoms with van der Waals surface area (Å²) in [6, 6.07) is 0.0148.